The van der Waals surface area contributed by atoms with Gasteiger partial charge in [-0.2, -0.15) is 0 Å². The zero-order chi connectivity index (χ0) is 19.8. The van der Waals surface area contributed by atoms with E-state index in [0.29, 0.717) is 5.56 Å². The van der Waals surface area contributed by atoms with Gasteiger partial charge < -0.3 is 24.8 Å². The van der Waals surface area contributed by atoms with Gasteiger partial charge in [-0.1, -0.05) is 56.3 Å². The molecule has 0 aliphatic carbocycles. The molecule has 1 aliphatic heterocycles. The molecule has 0 fully saturated rings. The Hall–Kier alpha value is -2.67. The first kappa shape index (κ1) is 19.1. The number of fused-ring (bicyclic) bond motifs is 1. The van der Waals surface area contributed by atoms with Gasteiger partial charge in [-0.15, -0.1) is 0 Å². The summed E-state index contributed by atoms with van der Waals surface area (Å²) >= 11 is 0. The molecule has 142 valence electrons. The molecule has 2 aromatic rings. The molecule has 1 aliphatic rings. The van der Waals surface area contributed by atoms with Crippen LogP contribution in [0.2, 0.25) is 0 Å². The third-order valence-electron chi connectivity index (χ3n) is 4.46. The smallest absolute Gasteiger partial charge is 0.301 e. The summed E-state index contributed by atoms with van der Waals surface area (Å²) in [5.41, 5.74) is 0.419. The lowest BCUT2D eigenvalue weighted by molar-refractivity contribution is -0.328. The molecule has 6 nitrogen and oxygen atoms in total. The van der Waals surface area contributed by atoms with Crippen molar-refractivity contribution in [3.63, 3.8) is 0 Å². The van der Waals surface area contributed by atoms with E-state index < -0.39 is 17.4 Å². The van der Waals surface area contributed by atoms with Crippen LogP contribution in [-0.4, -0.2) is 34.0 Å². The second-order valence-electron chi connectivity index (χ2n) is 6.78. The average Bonchev–Trinajstić information content (AvgIpc) is 2.65. The lowest BCUT2D eigenvalue weighted by Gasteiger charge is -2.42. The van der Waals surface area contributed by atoms with Gasteiger partial charge >= 0.3 is 5.79 Å². The van der Waals surface area contributed by atoms with Gasteiger partial charge in [-0.25, -0.2) is 0 Å². The lowest BCUT2D eigenvalue weighted by atomic mass is 9.85. The van der Waals surface area contributed by atoms with Gasteiger partial charge in [0.1, 0.15) is 17.1 Å². The maximum absolute atomic E-state index is 13.0. The van der Waals surface area contributed by atoms with Crippen LogP contribution in [0.25, 0.3) is 6.08 Å². The highest BCUT2D eigenvalue weighted by Crippen LogP contribution is 2.47. The molecule has 0 saturated carbocycles. The predicted octanol–water partition coefficient (Wildman–Crippen LogP) is 2.47. The number of hydrogen-bond acceptors (Lipinski definition) is 6. The fraction of sp³-hybridized carbons (Fsp3) is 0.286. The van der Waals surface area contributed by atoms with Crippen molar-refractivity contribution < 1.29 is 29.6 Å². The molecule has 3 N–H and O–H groups in total. The van der Waals surface area contributed by atoms with Crippen molar-refractivity contribution in [1.82, 2.24) is 0 Å². The molecule has 0 bridgehead atoms. The van der Waals surface area contributed by atoms with Crippen LogP contribution in [0.5, 0.6) is 11.5 Å². The molecule has 3 rings (SSSR count). The summed E-state index contributed by atoms with van der Waals surface area (Å²) in [5.74, 6) is -6.59. The molecule has 0 saturated heterocycles. The lowest BCUT2D eigenvalue weighted by Crippen LogP contribution is -2.63. The second-order valence-corrected chi connectivity index (χ2v) is 6.78. The number of rotatable bonds is 4. The van der Waals surface area contributed by atoms with Crippen molar-refractivity contribution in [2.75, 3.05) is 7.11 Å². The largest absolute Gasteiger partial charge is 0.496 e. The Balaban J connectivity index is 2.26. The van der Waals surface area contributed by atoms with Gasteiger partial charge in [0.15, 0.2) is 0 Å². The van der Waals surface area contributed by atoms with Gasteiger partial charge in [0.05, 0.1) is 7.11 Å². The van der Waals surface area contributed by atoms with Gasteiger partial charge in [0.25, 0.3) is 5.79 Å². The minimum atomic E-state index is -3.20. The molecule has 2 aromatic carbocycles. The predicted molar refractivity (Wildman–Crippen MR) is 99.3 cm³/mol. The van der Waals surface area contributed by atoms with Crippen LogP contribution in [0, 0.1) is 5.92 Å². The first-order valence-corrected chi connectivity index (χ1v) is 8.58. The molecule has 0 amide bonds. The molecule has 6 heteroatoms. The monoisotopic (exact) mass is 370 g/mol. The summed E-state index contributed by atoms with van der Waals surface area (Å²) in [7, 11) is 1.36. The van der Waals surface area contributed by atoms with Crippen LogP contribution < -0.4 is 9.47 Å². The summed E-state index contributed by atoms with van der Waals surface area (Å²) in [6, 6.07) is 11.0. The summed E-state index contributed by atoms with van der Waals surface area (Å²) in [5, 5.41) is 32.1. The number of methoxy groups -OCH3 is 1. The van der Waals surface area contributed by atoms with E-state index in [-0.39, 0.29) is 28.5 Å². The molecular formula is C21H22O6. The third kappa shape index (κ3) is 3.02. The highest BCUT2D eigenvalue weighted by Gasteiger charge is 2.62. The first-order chi connectivity index (χ1) is 12.7. The number of carbonyl (C=O) groups excluding carboxylic acids is 1. The van der Waals surface area contributed by atoms with Crippen LogP contribution in [0.15, 0.2) is 48.5 Å². The van der Waals surface area contributed by atoms with Crippen molar-refractivity contribution in [3.8, 4) is 11.5 Å². The van der Waals surface area contributed by atoms with Crippen LogP contribution in [0.1, 0.15) is 35.3 Å². The summed E-state index contributed by atoms with van der Waals surface area (Å²) in [4.78, 5) is 13.0. The van der Waals surface area contributed by atoms with Crippen molar-refractivity contribution in [3.05, 3.63) is 65.2 Å². The Labute approximate surface area is 157 Å². The number of Topliss-reactive ketones (excluding diaryl/α,β-unsaturated/α-hetero) is 1. The van der Waals surface area contributed by atoms with Crippen molar-refractivity contribution >= 4 is 11.9 Å². The van der Waals surface area contributed by atoms with Crippen molar-refractivity contribution in [2.24, 2.45) is 5.92 Å². The molecule has 1 heterocycles. The molecular weight excluding hydrogens is 348 g/mol. The van der Waals surface area contributed by atoms with E-state index in [1.807, 2.05) is 19.9 Å². The normalized spacial score (nSPS) is 21.2. The molecule has 0 radical (unpaired) electrons. The maximum atomic E-state index is 13.0. The summed E-state index contributed by atoms with van der Waals surface area (Å²) < 4.78 is 10.9. The number of hydrogen-bond donors (Lipinski definition) is 3. The SMILES string of the molecule is COc1ccc(C=CC(C)C)c2c1C(=O)C(O)(O)C(O)(c1ccccc1)O2. The van der Waals surface area contributed by atoms with Gasteiger partial charge in [-0.05, 0) is 18.1 Å². The second kappa shape index (κ2) is 6.81. The number of ketones is 1. The number of carbonyl (C=O) groups is 1. The van der Waals surface area contributed by atoms with Crippen LogP contribution in [0.4, 0.5) is 0 Å². The van der Waals surface area contributed by atoms with Crippen LogP contribution in [-0.2, 0) is 5.79 Å². The van der Waals surface area contributed by atoms with Crippen molar-refractivity contribution in [2.45, 2.75) is 25.4 Å². The Morgan fingerprint density at radius 1 is 1.07 bits per heavy atom. The van der Waals surface area contributed by atoms with E-state index in [1.54, 1.807) is 36.4 Å². The van der Waals surface area contributed by atoms with Crippen molar-refractivity contribution in [1.29, 1.82) is 0 Å². The third-order valence-corrected chi connectivity index (χ3v) is 4.46. The maximum Gasteiger partial charge on any atom is 0.301 e. The van der Waals surface area contributed by atoms with E-state index in [9.17, 15) is 20.1 Å². The summed E-state index contributed by atoms with van der Waals surface area (Å²) in [6.45, 7) is 3.98. The molecule has 1 unspecified atom stereocenters. The van der Waals surface area contributed by atoms with E-state index in [2.05, 4.69) is 0 Å². The van der Waals surface area contributed by atoms with E-state index in [0.717, 1.165) is 0 Å². The topological polar surface area (TPSA) is 96.2 Å². The minimum Gasteiger partial charge on any atom is -0.496 e. The van der Waals surface area contributed by atoms with E-state index >= 15 is 0 Å². The van der Waals surface area contributed by atoms with E-state index in [1.165, 1.54) is 19.2 Å². The summed E-state index contributed by atoms with van der Waals surface area (Å²) in [6.07, 6.45) is 3.65. The van der Waals surface area contributed by atoms with Gasteiger partial charge in [0, 0.05) is 11.1 Å². The quantitative estimate of drug-likeness (QED) is 0.716. The Morgan fingerprint density at radius 2 is 1.74 bits per heavy atom. The van der Waals surface area contributed by atoms with Crippen LogP contribution in [0.3, 0.4) is 0 Å². The Kier molecular flexibility index (Phi) is 4.82. The molecule has 0 aromatic heterocycles. The zero-order valence-corrected chi connectivity index (χ0v) is 15.3. The zero-order valence-electron chi connectivity index (χ0n) is 15.3. The Morgan fingerprint density at radius 3 is 2.33 bits per heavy atom. The average molecular weight is 370 g/mol. The Bertz CT molecular complexity index is 885. The first-order valence-electron chi connectivity index (χ1n) is 8.58. The van der Waals surface area contributed by atoms with E-state index in [4.69, 9.17) is 9.47 Å². The number of allylic oxidation sites excluding steroid dienone is 1. The highest BCUT2D eigenvalue weighted by molar-refractivity contribution is 6.08. The number of benzene rings is 2. The van der Waals surface area contributed by atoms with Gasteiger partial charge in [-0.3, -0.25) is 4.79 Å². The molecule has 0 spiro atoms. The van der Waals surface area contributed by atoms with Gasteiger partial charge in [0.2, 0.25) is 5.78 Å². The fourth-order valence-corrected chi connectivity index (χ4v) is 2.97. The number of aliphatic hydroxyl groups is 3. The fourth-order valence-electron chi connectivity index (χ4n) is 2.97. The number of ether oxygens (including phenoxy) is 2. The molecule has 1 atom stereocenters. The minimum absolute atomic E-state index is 0.0290. The standard InChI is InChI=1S/C21H22O6/c1-13(2)9-10-14-11-12-16(26-3)17-18(14)27-21(25,20(23,24)19(17)22)15-7-5-4-6-8-15/h4-13,23-25H,1-3H3. The van der Waals surface area contributed by atoms with Crippen LogP contribution >= 0.6 is 0 Å². The molecule has 27 heavy (non-hydrogen) atoms. The highest BCUT2D eigenvalue weighted by atomic mass is 16.7.